The molecule has 0 unspecified atom stereocenters. The van der Waals surface area contributed by atoms with Crippen LogP contribution in [0.1, 0.15) is 12.8 Å². The maximum Gasteiger partial charge on any atom is 0.240 e. The maximum absolute atomic E-state index is 13.1. The lowest BCUT2D eigenvalue weighted by Crippen LogP contribution is -2.03. The number of halogens is 1. The lowest BCUT2D eigenvalue weighted by molar-refractivity contribution is 0.302. The molecule has 3 nitrogen and oxygen atoms in total. The summed E-state index contributed by atoms with van der Waals surface area (Å²) in [5, 5.41) is 2.73. The number of nitrogens with zero attached hydrogens (tertiary/aromatic N) is 1. The molecule has 1 N–H and O–H groups in total. The lowest BCUT2D eigenvalue weighted by Gasteiger charge is -2.09. The van der Waals surface area contributed by atoms with Gasteiger partial charge in [-0.05, 0) is 12.8 Å². The Bertz CT molecular complexity index is 312. The highest BCUT2D eigenvalue weighted by Gasteiger charge is 2.25. The number of pyridine rings is 1. The first-order chi connectivity index (χ1) is 6.31. The van der Waals surface area contributed by atoms with Crippen molar-refractivity contribution in [3.8, 4) is 5.75 Å². The number of hydrogen-bond donors (Lipinski definition) is 1. The molecule has 0 aromatic carbocycles. The molecule has 0 saturated heterocycles. The van der Waals surface area contributed by atoms with Gasteiger partial charge in [0, 0.05) is 19.3 Å². The fraction of sp³-hybridized carbons (Fsp3) is 0.444. The van der Waals surface area contributed by atoms with Gasteiger partial charge >= 0.3 is 0 Å². The van der Waals surface area contributed by atoms with Crippen LogP contribution in [0.3, 0.4) is 0 Å². The van der Waals surface area contributed by atoms with Crippen molar-refractivity contribution in [2.45, 2.75) is 18.9 Å². The molecule has 1 aliphatic rings. The second kappa shape index (κ2) is 3.20. The van der Waals surface area contributed by atoms with E-state index in [1.54, 1.807) is 13.1 Å². The van der Waals surface area contributed by atoms with Crippen LogP contribution in [-0.4, -0.2) is 18.1 Å². The maximum atomic E-state index is 13.1. The van der Waals surface area contributed by atoms with Crippen LogP contribution in [0.15, 0.2) is 12.3 Å². The van der Waals surface area contributed by atoms with Gasteiger partial charge in [-0.25, -0.2) is 4.98 Å². The Balaban J connectivity index is 2.25. The number of hydrogen-bond acceptors (Lipinski definition) is 3. The van der Waals surface area contributed by atoms with E-state index < -0.39 is 5.95 Å². The van der Waals surface area contributed by atoms with Gasteiger partial charge in [-0.15, -0.1) is 0 Å². The molecule has 0 aliphatic heterocycles. The highest BCUT2D eigenvalue weighted by molar-refractivity contribution is 5.54. The highest BCUT2D eigenvalue weighted by Crippen LogP contribution is 2.32. The second-order valence-electron chi connectivity index (χ2n) is 3.04. The molecule has 0 atom stereocenters. The molecular weight excluding hydrogens is 171 g/mol. The van der Waals surface area contributed by atoms with Crippen molar-refractivity contribution >= 4 is 5.69 Å². The van der Waals surface area contributed by atoms with Gasteiger partial charge in [0.05, 0.1) is 6.10 Å². The van der Waals surface area contributed by atoms with Crippen LogP contribution in [0, 0.1) is 5.95 Å². The summed E-state index contributed by atoms with van der Waals surface area (Å²) in [4.78, 5) is 3.53. The van der Waals surface area contributed by atoms with Crippen molar-refractivity contribution in [2.75, 3.05) is 12.4 Å². The van der Waals surface area contributed by atoms with Crippen LogP contribution in [0.2, 0.25) is 0 Å². The molecule has 1 heterocycles. The van der Waals surface area contributed by atoms with Crippen molar-refractivity contribution in [1.82, 2.24) is 4.98 Å². The minimum absolute atomic E-state index is 0.272. The molecule has 1 fully saturated rings. The van der Waals surface area contributed by atoms with Crippen LogP contribution in [-0.2, 0) is 0 Å². The van der Waals surface area contributed by atoms with Gasteiger partial charge < -0.3 is 10.1 Å². The lowest BCUT2D eigenvalue weighted by atomic mass is 10.4. The quantitative estimate of drug-likeness (QED) is 0.724. The zero-order valence-corrected chi connectivity index (χ0v) is 7.38. The molecule has 13 heavy (non-hydrogen) atoms. The van der Waals surface area contributed by atoms with Gasteiger partial charge in [-0.2, -0.15) is 4.39 Å². The number of nitrogens with one attached hydrogen (secondary N) is 1. The summed E-state index contributed by atoms with van der Waals surface area (Å²) in [6, 6.07) is 1.67. The van der Waals surface area contributed by atoms with Crippen molar-refractivity contribution < 1.29 is 9.13 Å². The third-order valence-corrected chi connectivity index (χ3v) is 1.93. The van der Waals surface area contributed by atoms with Gasteiger partial charge in [0.25, 0.3) is 0 Å². The summed E-state index contributed by atoms with van der Waals surface area (Å²) in [5.74, 6) is 0.0400. The first-order valence-electron chi connectivity index (χ1n) is 4.30. The van der Waals surface area contributed by atoms with Crippen LogP contribution >= 0.6 is 0 Å². The van der Waals surface area contributed by atoms with E-state index in [0.29, 0.717) is 11.4 Å². The van der Waals surface area contributed by atoms with Gasteiger partial charge in [-0.3, -0.25) is 0 Å². The van der Waals surface area contributed by atoms with Gasteiger partial charge in [0.15, 0.2) is 0 Å². The normalized spacial score (nSPS) is 15.5. The molecule has 0 amide bonds. The SMILES string of the molecule is CNc1c(OC2CC2)ccnc1F. The smallest absolute Gasteiger partial charge is 0.240 e. The summed E-state index contributed by atoms with van der Waals surface area (Å²) in [7, 11) is 1.65. The third-order valence-electron chi connectivity index (χ3n) is 1.93. The number of rotatable bonds is 3. The Morgan fingerprint density at radius 1 is 1.62 bits per heavy atom. The number of aromatic nitrogens is 1. The van der Waals surface area contributed by atoms with Crippen LogP contribution < -0.4 is 10.1 Å². The Labute approximate surface area is 75.9 Å². The first kappa shape index (κ1) is 8.29. The van der Waals surface area contributed by atoms with E-state index in [0.717, 1.165) is 12.8 Å². The van der Waals surface area contributed by atoms with Crippen LogP contribution in [0.5, 0.6) is 5.75 Å². The minimum Gasteiger partial charge on any atom is -0.488 e. The van der Waals surface area contributed by atoms with Crippen LogP contribution in [0.4, 0.5) is 10.1 Å². The molecule has 1 aromatic rings. The topological polar surface area (TPSA) is 34.1 Å². The Hall–Kier alpha value is -1.32. The summed E-state index contributed by atoms with van der Waals surface area (Å²) >= 11 is 0. The monoisotopic (exact) mass is 182 g/mol. The first-order valence-corrected chi connectivity index (χ1v) is 4.30. The third kappa shape index (κ3) is 1.71. The standard InChI is InChI=1S/C9H11FN2O/c1-11-8-7(13-6-2-3-6)4-5-12-9(8)10/h4-6,11H,2-3H2,1H3. The number of ether oxygens (including phenoxy) is 1. The van der Waals surface area contributed by atoms with Gasteiger partial charge in [0.2, 0.25) is 5.95 Å². The predicted molar refractivity (Wildman–Crippen MR) is 47.4 cm³/mol. The average molecular weight is 182 g/mol. The van der Waals surface area contributed by atoms with Crippen molar-refractivity contribution in [3.05, 3.63) is 18.2 Å². The second-order valence-corrected chi connectivity index (χ2v) is 3.04. The molecule has 0 bridgehead atoms. The summed E-state index contributed by atoms with van der Waals surface area (Å²) in [6.45, 7) is 0. The fourth-order valence-corrected chi connectivity index (χ4v) is 1.11. The van der Waals surface area contributed by atoms with E-state index >= 15 is 0 Å². The molecular formula is C9H11FN2O. The van der Waals surface area contributed by atoms with E-state index in [4.69, 9.17) is 4.74 Å². The van der Waals surface area contributed by atoms with E-state index in [9.17, 15) is 4.39 Å². The average Bonchev–Trinajstić information content (AvgIpc) is 2.89. The Morgan fingerprint density at radius 3 is 3.00 bits per heavy atom. The van der Waals surface area contributed by atoms with Crippen molar-refractivity contribution in [3.63, 3.8) is 0 Å². The molecule has 2 rings (SSSR count). The predicted octanol–water partition coefficient (Wildman–Crippen LogP) is 1.80. The molecule has 1 saturated carbocycles. The molecule has 1 aliphatic carbocycles. The van der Waals surface area contributed by atoms with Gasteiger partial charge in [0.1, 0.15) is 11.4 Å². The largest absolute Gasteiger partial charge is 0.488 e. The molecule has 70 valence electrons. The zero-order chi connectivity index (χ0) is 9.26. The van der Waals surface area contributed by atoms with E-state index in [-0.39, 0.29) is 6.10 Å². The minimum atomic E-state index is -0.513. The van der Waals surface area contributed by atoms with Crippen LogP contribution in [0.25, 0.3) is 0 Å². The van der Waals surface area contributed by atoms with E-state index in [1.165, 1.54) is 6.20 Å². The molecule has 1 aromatic heterocycles. The molecule has 4 heteroatoms. The fourth-order valence-electron chi connectivity index (χ4n) is 1.11. The van der Waals surface area contributed by atoms with Crippen molar-refractivity contribution in [1.29, 1.82) is 0 Å². The number of anilines is 1. The molecule has 0 spiro atoms. The summed E-state index contributed by atoms with van der Waals surface area (Å²) < 4.78 is 18.6. The summed E-state index contributed by atoms with van der Waals surface area (Å²) in [6.07, 6.45) is 3.81. The Kier molecular flexibility index (Phi) is 2.04. The van der Waals surface area contributed by atoms with E-state index in [2.05, 4.69) is 10.3 Å². The molecule has 0 radical (unpaired) electrons. The summed E-state index contributed by atoms with van der Waals surface area (Å²) in [5.41, 5.74) is 0.342. The van der Waals surface area contributed by atoms with Crippen molar-refractivity contribution in [2.24, 2.45) is 0 Å². The van der Waals surface area contributed by atoms with E-state index in [1.807, 2.05) is 0 Å². The zero-order valence-electron chi connectivity index (χ0n) is 7.38. The Morgan fingerprint density at radius 2 is 2.38 bits per heavy atom. The van der Waals surface area contributed by atoms with Gasteiger partial charge in [-0.1, -0.05) is 0 Å². The highest BCUT2D eigenvalue weighted by atomic mass is 19.1.